The highest BCUT2D eigenvalue weighted by Gasteiger charge is 2.51. The predicted molar refractivity (Wildman–Crippen MR) is 122 cm³/mol. The van der Waals surface area contributed by atoms with E-state index < -0.39 is 35.7 Å². The van der Waals surface area contributed by atoms with Gasteiger partial charge >= 0.3 is 6.09 Å². The second kappa shape index (κ2) is 10.6. The van der Waals surface area contributed by atoms with E-state index in [1.807, 2.05) is 60.7 Å². The van der Waals surface area contributed by atoms with E-state index in [4.69, 9.17) is 9.47 Å². The van der Waals surface area contributed by atoms with Gasteiger partial charge in [-0.15, -0.1) is 0 Å². The first kappa shape index (κ1) is 23.7. The van der Waals surface area contributed by atoms with Gasteiger partial charge in [0.2, 0.25) is 5.91 Å². The highest BCUT2D eigenvalue weighted by Crippen LogP contribution is 2.33. The Kier molecular flexibility index (Phi) is 7.83. The van der Waals surface area contributed by atoms with Crippen molar-refractivity contribution in [1.29, 1.82) is 0 Å². The van der Waals surface area contributed by atoms with E-state index in [1.165, 1.54) is 11.0 Å². The van der Waals surface area contributed by atoms with Gasteiger partial charge in [-0.25, -0.2) is 9.69 Å². The molecule has 6 nitrogen and oxygen atoms in total. The van der Waals surface area contributed by atoms with Crippen LogP contribution in [0, 0.1) is 5.92 Å². The highest BCUT2D eigenvalue weighted by atomic mass is 16.6. The fourth-order valence-electron chi connectivity index (χ4n) is 3.74. The summed E-state index contributed by atoms with van der Waals surface area (Å²) >= 11 is 0. The molecule has 0 spiro atoms. The quantitative estimate of drug-likeness (QED) is 0.472. The van der Waals surface area contributed by atoms with E-state index in [-0.39, 0.29) is 0 Å². The van der Waals surface area contributed by atoms with Crippen molar-refractivity contribution in [1.82, 2.24) is 4.90 Å². The van der Waals surface area contributed by atoms with E-state index >= 15 is 0 Å². The third-order valence-electron chi connectivity index (χ3n) is 5.73. The molecule has 1 heterocycles. The molecule has 2 amide bonds. The van der Waals surface area contributed by atoms with Crippen molar-refractivity contribution in [3.05, 3.63) is 83.9 Å². The van der Waals surface area contributed by atoms with Crippen LogP contribution in [0.3, 0.4) is 0 Å². The molecule has 170 valence electrons. The summed E-state index contributed by atoms with van der Waals surface area (Å²) in [4.78, 5) is 26.9. The summed E-state index contributed by atoms with van der Waals surface area (Å²) in [6.45, 7) is 5.99. The van der Waals surface area contributed by atoms with Crippen LogP contribution in [0.15, 0.2) is 72.8 Å². The van der Waals surface area contributed by atoms with E-state index in [0.717, 1.165) is 11.1 Å². The summed E-state index contributed by atoms with van der Waals surface area (Å²) in [6.07, 6.45) is 1.99. The summed E-state index contributed by atoms with van der Waals surface area (Å²) in [7, 11) is 0. The molecule has 0 bridgehead atoms. The Morgan fingerprint density at radius 1 is 1.12 bits per heavy atom. The zero-order valence-electron chi connectivity index (χ0n) is 18.8. The Balaban J connectivity index is 1.60. The first-order valence-electron chi connectivity index (χ1n) is 10.9. The number of hydrogen-bond donors (Lipinski definition) is 1. The predicted octanol–water partition coefficient (Wildman–Crippen LogP) is 4.13. The van der Waals surface area contributed by atoms with Gasteiger partial charge in [0.05, 0.1) is 31.3 Å². The third-order valence-corrected chi connectivity index (χ3v) is 5.73. The van der Waals surface area contributed by atoms with Crippen molar-refractivity contribution < 1.29 is 24.2 Å². The van der Waals surface area contributed by atoms with Crippen LogP contribution >= 0.6 is 0 Å². The van der Waals surface area contributed by atoms with Gasteiger partial charge in [-0.1, -0.05) is 79.7 Å². The van der Waals surface area contributed by atoms with Gasteiger partial charge in [0, 0.05) is 0 Å². The molecular weight excluding hydrogens is 406 g/mol. The SMILES string of the molecule is C[C@H](C(=O)N1C(=O)OC(C)(C)[C@@H]1Cc1ccccc1)[C@H](O)/C=C/COCc1ccccc1. The van der Waals surface area contributed by atoms with E-state index in [1.54, 1.807) is 26.8 Å². The summed E-state index contributed by atoms with van der Waals surface area (Å²) in [5.41, 5.74) is 1.24. The first-order chi connectivity index (χ1) is 15.3. The first-order valence-corrected chi connectivity index (χ1v) is 10.9. The number of amides is 2. The molecule has 1 N–H and O–H groups in total. The van der Waals surface area contributed by atoms with Gasteiger partial charge in [-0.05, 0) is 31.4 Å². The lowest BCUT2D eigenvalue weighted by Crippen LogP contribution is -2.49. The molecule has 0 radical (unpaired) electrons. The van der Waals surface area contributed by atoms with Crippen molar-refractivity contribution >= 4 is 12.0 Å². The molecule has 0 aliphatic carbocycles. The summed E-state index contributed by atoms with van der Waals surface area (Å²) < 4.78 is 11.1. The lowest BCUT2D eigenvalue weighted by molar-refractivity contribution is -0.135. The number of benzene rings is 2. The Labute approximate surface area is 189 Å². The monoisotopic (exact) mass is 437 g/mol. The molecule has 1 aliphatic rings. The van der Waals surface area contributed by atoms with Gasteiger partial charge in [-0.3, -0.25) is 4.79 Å². The number of carbonyl (C=O) groups is 2. The fourth-order valence-corrected chi connectivity index (χ4v) is 3.74. The van der Waals surface area contributed by atoms with Crippen molar-refractivity contribution in [3.63, 3.8) is 0 Å². The average Bonchev–Trinajstić information content (AvgIpc) is 3.01. The maximum atomic E-state index is 13.2. The van der Waals surface area contributed by atoms with Crippen LogP contribution in [0.2, 0.25) is 0 Å². The van der Waals surface area contributed by atoms with Crippen LogP contribution < -0.4 is 0 Å². The number of imide groups is 1. The van der Waals surface area contributed by atoms with Crippen LogP contribution in [-0.2, 0) is 27.3 Å². The van der Waals surface area contributed by atoms with Crippen molar-refractivity contribution in [2.45, 2.75) is 51.5 Å². The molecule has 0 unspecified atom stereocenters. The van der Waals surface area contributed by atoms with Crippen LogP contribution in [0.25, 0.3) is 0 Å². The number of carbonyl (C=O) groups excluding carboxylic acids is 2. The van der Waals surface area contributed by atoms with Gasteiger partial charge in [-0.2, -0.15) is 0 Å². The number of aliphatic hydroxyl groups excluding tert-OH is 1. The zero-order chi connectivity index (χ0) is 23.1. The molecule has 0 aromatic heterocycles. The third kappa shape index (κ3) is 5.84. The van der Waals surface area contributed by atoms with Gasteiger partial charge in [0.15, 0.2) is 0 Å². The molecule has 2 aromatic rings. The minimum atomic E-state index is -1.04. The van der Waals surface area contributed by atoms with Crippen LogP contribution in [0.4, 0.5) is 4.79 Å². The van der Waals surface area contributed by atoms with E-state index in [0.29, 0.717) is 19.6 Å². The van der Waals surface area contributed by atoms with Gasteiger partial charge < -0.3 is 14.6 Å². The Morgan fingerprint density at radius 2 is 1.72 bits per heavy atom. The molecule has 2 aromatic carbocycles. The number of hydrogen-bond acceptors (Lipinski definition) is 5. The molecule has 0 saturated carbocycles. The van der Waals surface area contributed by atoms with Gasteiger partial charge in [0.25, 0.3) is 0 Å². The Morgan fingerprint density at radius 3 is 2.34 bits per heavy atom. The minimum absolute atomic E-state index is 0.308. The fraction of sp³-hybridized carbons (Fsp3) is 0.385. The summed E-state index contributed by atoms with van der Waals surface area (Å²) in [5, 5.41) is 10.5. The maximum absolute atomic E-state index is 13.2. The van der Waals surface area contributed by atoms with E-state index in [9.17, 15) is 14.7 Å². The number of ether oxygens (including phenoxy) is 2. The molecule has 6 heteroatoms. The molecule has 3 atom stereocenters. The highest BCUT2D eigenvalue weighted by molar-refractivity contribution is 5.95. The van der Waals surface area contributed by atoms with Crippen LogP contribution in [0.1, 0.15) is 31.9 Å². The van der Waals surface area contributed by atoms with Crippen molar-refractivity contribution in [2.24, 2.45) is 5.92 Å². The molecule has 1 fully saturated rings. The smallest absolute Gasteiger partial charge is 0.417 e. The van der Waals surface area contributed by atoms with Crippen LogP contribution in [0.5, 0.6) is 0 Å². The summed E-state index contributed by atoms with van der Waals surface area (Å²) in [6, 6.07) is 19.0. The Bertz CT molecular complexity index is 926. The van der Waals surface area contributed by atoms with Crippen molar-refractivity contribution in [3.8, 4) is 0 Å². The number of rotatable bonds is 9. The largest absolute Gasteiger partial charge is 0.441 e. The number of nitrogens with zero attached hydrogens (tertiary/aromatic N) is 1. The average molecular weight is 438 g/mol. The van der Waals surface area contributed by atoms with E-state index in [2.05, 4.69) is 0 Å². The topological polar surface area (TPSA) is 76.1 Å². The Hall–Kier alpha value is -2.96. The standard InChI is InChI=1S/C26H31NO5/c1-19(22(28)15-10-16-31-18-21-13-8-5-9-14-21)24(29)27-23(26(2,3)32-25(27)30)17-20-11-6-4-7-12-20/h4-15,19,22-23,28H,16-18H2,1-3H3/b15-10+/t19-,22+,23-/m0/s1. The molecule has 1 aliphatic heterocycles. The van der Waals surface area contributed by atoms with Crippen molar-refractivity contribution in [2.75, 3.05) is 6.61 Å². The molecule has 3 rings (SSSR count). The minimum Gasteiger partial charge on any atom is -0.441 e. The summed E-state index contributed by atoms with van der Waals surface area (Å²) in [5.74, 6) is -1.26. The number of aliphatic hydroxyl groups is 1. The van der Waals surface area contributed by atoms with Crippen LogP contribution in [-0.4, -0.2) is 46.4 Å². The molecular formula is C26H31NO5. The lowest BCUT2D eigenvalue weighted by atomic mass is 9.91. The molecule has 32 heavy (non-hydrogen) atoms. The molecule has 1 saturated heterocycles. The number of cyclic esters (lactones) is 1. The second-order valence-corrected chi connectivity index (χ2v) is 8.59. The zero-order valence-corrected chi connectivity index (χ0v) is 18.8. The normalized spacial score (nSPS) is 19.7. The lowest BCUT2D eigenvalue weighted by Gasteiger charge is -2.30. The maximum Gasteiger partial charge on any atom is 0.417 e. The second-order valence-electron chi connectivity index (χ2n) is 8.59. The van der Waals surface area contributed by atoms with Gasteiger partial charge in [0.1, 0.15) is 5.60 Å².